The topological polar surface area (TPSA) is 130 Å². The summed E-state index contributed by atoms with van der Waals surface area (Å²) in [5.74, 6) is -0.587. The lowest BCUT2D eigenvalue weighted by atomic mass is 9.89. The van der Waals surface area contributed by atoms with Crippen LogP contribution in [0.3, 0.4) is 0 Å². The highest BCUT2D eigenvalue weighted by molar-refractivity contribution is 6.02. The molecule has 9 heteroatoms. The van der Waals surface area contributed by atoms with Gasteiger partial charge in [0.25, 0.3) is 5.79 Å². The third-order valence-electron chi connectivity index (χ3n) is 4.44. The van der Waals surface area contributed by atoms with Crippen molar-refractivity contribution in [3.63, 3.8) is 0 Å². The summed E-state index contributed by atoms with van der Waals surface area (Å²) in [6, 6.07) is 5.13. The van der Waals surface area contributed by atoms with Gasteiger partial charge in [0.05, 0.1) is 33.0 Å². The Morgan fingerprint density at radius 1 is 1.12 bits per heavy atom. The first-order valence-electron chi connectivity index (χ1n) is 7.75. The Labute approximate surface area is 144 Å². The lowest BCUT2D eigenvalue weighted by molar-refractivity contribution is -0.355. The summed E-state index contributed by atoms with van der Waals surface area (Å²) < 4.78 is 16.0. The van der Waals surface area contributed by atoms with E-state index < -0.39 is 36.8 Å². The molecule has 4 N–H and O–H groups in total. The second-order valence-electron chi connectivity index (χ2n) is 5.98. The molecule has 2 aliphatic heterocycles. The quantitative estimate of drug-likeness (QED) is 0.541. The standard InChI is InChI=1S/C16H21NO8/c1-22-9-3-8(4-10(5-9)23-2)11-6-16(25-17-11)15(21)14(20)13(19)12(7-18)24-16/h3-5,12-15,18-21H,6-7H2,1-2H3/t12-,13-,14+,15-,16-/m1/s1. The molecule has 138 valence electrons. The molecule has 0 amide bonds. The fourth-order valence-electron chi connectivity index (χ4n) is 2.99. The third-order valence-corrected chi connectivity index (χ3v) is 4.44. The summed E-state index contributed by atoms with van der Waals surface area (Å²) in [6.07, 6.45) is -5.62. The fourth-order valence-corrected chi connectivity index (χ4v) is 2.99. The number of hydrogen-bond acceptors (Lipinski definition) is 9. The van der Waals surface area contributed by atoms with Gasteiger partial charge in [0.15, 0.2) is 6.10 Å². The van der Waals surface area contributed by atoms with Gasteiger partial charge in [-0.3, -0.25) is 0 Å². The zero-order chi connectivity index (χ0) is 18.2. The van der Waals surface area contributed by atoms with E-state index in [1.165, 1.54) is 14.2 Å². The molecule has 25 heavy (non-hydrogen) atoms. The number of oxime groups is 1. The largest absolute Gasteiger partial charge is 0.497 e. The molecule has 0 aromatic heterocycles. The van der Waals surface area contributed by atoms with Crippen molar-refractivity contribution >= 4 is 5.71 Å². The van der Waals surface area contributed by atoms with Crippen LogP contribution in [-0.4, -0.2) is 77.2 Å². The molecule has 0 radical (unpaired) electrons. The normalized spacial score (nSPS) is 34.6. The molecular formula is C16H21NO8. The average molecular weight is 355 g/mol. The van der Waals surface area contributed by atoms with E-state index in [1.807, 2.05) is 0 Å². The molecule has 1 spiro atoms. The molecule has 2 aliphatic rings. The van der Waals surface area contributed by atoms with Crippen molar-refractivity contribution in [2.75, 3.05) is 20.8 Å². The predicted octanol–water partition coefficient (Wildman–Crippen LogP) is -1.00. The molecule has 1 aromatic rings. The van der Waals surface area contributed by atoms with E-state index in [4.69, 9.17) is 19.0 Å². The maximum Gasteiger partial charge on any atom is 0.271 e. The Morgan fingerprint density at radius 3 is 2.32 bits per heavy atom. The molecule has 0 saturated carbocycles. The molecule has 3 rings (SSSR count). The summed E-state index contributed by atoms with van der Waals surface area (Å²) in [5.41, 5.74) is 1.07. The average Bonchev–Trinajstić information content (AvgIpc) is 3.07. The van der Waals surface area contributed by atoms with Gasteiger partial charge in [-0.1, -0.05) is 5.16 Å². The maximum absolute atomic E-state index is 10.3. The lowest BCUT2D eigenvalue weighted by Gasteiger charge is -2.44. The highest BCUT2D eigenvalue weighted by atomic mass is 16.8. The molecule has 0 unspecified atom stereocenters. The summed E-state index contributed by atoms with van der Waals surface area (Å²) in [4.78, 5) is 5.31. The van der Waals surface area contributed by atoms with Gasteiger partial charge < -0.3 is 39.5 Å². The molecule has 2 heterocycles. The second-order valence-corrected chi connectivity index (χ2v) is 5.98. The van der Waals surface area contributed by atoms with Gasteiger partial charge in [-0.15, -0.1) is 0 Å². The first-order chi connectivity index (χ1) is 11.9. The molecular weight excluding hydrogens is 334 g/mol. The number of benzene rings is 1. The van der Waals surface area contributed by atoms with Crippen LogP contribution in [0.4, 0.5) is 0 Å². The number of ether oxygens (including phenoxy) is 3. The smallest absolute Gasteiger partial charge is 0.271 e. The van der Waals surface area contributed by atoms with Gasteiger partial charge in [-0.2, -0.15) is 0 Å². The summed E-state index contributed by atoms with van der Waals surface area (Å²) in [5, 5.41) is 43.5. The monoisotopic (exact) mass is 355 g/mol. The first-order valence-corrected chi connectivity index (χ1v) is 7.75. The van der Waals surface area contributed by atoms with Crippen LogP contribution in [0, 0.1) is 0 Å². The van der Waals surface area contributed by atoms with E-state index >= 15 is 0 Å². The Kier molecular flexibility index (Phi) is 4.85. The van der Waals surface area contributed by atoms with Crippen LogP contribution in [0.25, 0.3) is 0 Å². The number of methoxy groups -OCH3 is 2. The van der Waals surface area contributed by atoms with Crippen LogP contribution >= 0.6 is 0 Å². The SMILES string of the molecule is COc1cc(OC)cc(C2=NO[C@@]3(C2)O[C@H](CO)[C@@H](O)[C@H](O)[C@H]3O)c1. The minimum atomic E-state index is -1.68. The van der Waals surface area contributed by atoms with Crippen molar-refractivity contribution in [2.45, 2.75) is 36.6 Å². The highest BCUT2D eigenvalue weighted by Crippen LogP contribution is 2.39. The minimum absolute atomic E-state index is 0.00473. The molecule has 1 saturated heterocycles. The lowest BCUT2D eigenvalue weighted by Crippen LogP contribution is -2.65. The molecule has 0 bridgehead atoms. The summed E-state index contributed by atoms with van der Waals surface area (Å²) >= 11 is 0. The van der Waals surface area contributed by atoms with Crippen molar-refractivity contribution < 1.29 is 39.5 Å². The zero-order valence-electron chi connectivity index (χ0n) is 13.8. The van der Waals surface area contributed by atoms with Crippen molar-refractivity contribution in [3.05, 3.63) is 23.8 Å². The highest BCUT2D eigenvalue weighted by Gasteiger charge is 2.58. The fraction of sp³-hybridized carbons (Fsp3) is 0.562. The van der Waals surface area contributed by atoms with Crippen LogP contribution in [0.5, 0.6) is 11.5 Å². The number of hydrogen-bond donors (Lipinski definition) is 4. The summed E-state index contributed by atoms with van der Waals surface area (Å²) in [7, 11) is 3.04. The van der Waals surface area contributed by atoms with Crippen LogP contribution in [-0.2, 0) is 9.57 Å². The third kappa shape index (κ3) is 3.05. The molecule has 5 atom stereocenters. The second kappa shape index (κ2) is 6.77. The van der Waals surface area contributed by atoms with Crippen molar-refractivity contribution in [3.8, 4) is 11.5 Å². The zero-order valence-corrected chi connectivity index (χ0v) is 13.8. The van der Waals surface area contributed by atoms with E-state index in [9.17, 15) is 20.4 Å². The first kappa shape index (κ1) is 17.9. The van der Waals surface area contributed by atoms with E-state index in [0.29, 0.717) is 22.8 Å². The molecule has 1 fully saturated rings. The summed E-state index contributed by atoms with van der Waals surface area (Å²) in [6.45, 7) is -0.543. The van der Waals surface area contributed by atoms with E-state index in [0.717, 1.165) is 0 Å². The van der Waals surface area contributed by atoms with Gasteiger partial charge in [0.2, 0.25) is 0 Å². The van der Waals surface area contributed by atoms with Crippen molar-refractivity contribution in [1.29, 1.82) is 0 Å². The number of nitrogens with zero attached hydrogens (tertiary/aromatic N) is 1. The number of aliphatic hydroxyl groups is 4. The van der Waals surface area contributed by atoms with Gasteiger partial charge in [-0.05, 0) is 12.1 Å². The van der Waals surface area contributed by atoms with Gasteiger partial charge in [0, 0.05) is 11.6 Å². The van der Waals surface area contributed by atoms with Crippen LogP contribution in [0.15, 0.2) is 23.4 Å². The van der Waals surface area contributed by atoms with Gasteiger partial charge in [-0.25, -0.2) is 0 Å². The van der Waals surface area contributed by atoms with Crippen LogP contribution in [0.2, 0.25) is 0 Å². The maximum atomic E-state index is 10.3. The Hall–Kier alpha value is -1.91. The van der Waals surface area contributed by atoms with Gasteiger partial charge >= 0.3 is 0 Å². The molecule has 1 aromatic carbocycles. The van der Waals surface area contributed by atoms with Crippen LogP contribution < -0.4 is 9.47 Å². The van der Waals surface area contributed by atoms with E-state index in [-0.39, 0.29) is 6.42 Å². The number of aliphatic hydroxyl groups excluding tert-OH is 4. The predicted molar refractivity (Wildman–Crippen MR) is 84.5 cm³/mol. The van der Waals surface area contributed by atoms with E-state index in [2.05, 4.69) is 5.16 Å². The van der Waals surface area contributed by atoms with Crippen LogP contribution in [0.1, 0.15) is 12.0 Å². The number of rotatable bonds is 4. The Bertz CT molecular complexity index is 641. The van der Waals surface area contributed by atoms with Gasteiger partial charge in [0.1, 0.15) is 29.8 Å². The Morgan fingerprint density at radius 2 is 1.76 bits per heavy atom. The Balaban J connectivity index is 1.87. The van der Waals surface area contributed by atoms with E-state index in [1.54, 1.807) is 18.2 Å². The van der Waals surface area contributed by atoms with Crippen molar-refractivity contribution in [2.24, 2.45) is 5.16 Å². The molecule has 0 aliphatic carbocycles. The van der Waals surface area contributed by atoms with Crippen molar-refractivity contribution in [1.82, 2.24) is 0 Å². The minimum Gasteiger partial charge on any atom is -0.497 e. The molecule has 9 nitrogen and oxygen atoms in total.